The summed E-state index contributed by atoms with van der Waals surface area (Å²) in [4.78, 5) is 16.1. The maximum absolute atomic E-state index is 12.1. The van der Waals surface area contributed by atoms with Crippen LogP contribution >= 0.6 is 24.0 Å². The van der Waals surface area contributed by atoms with Crippen LogP contribution in [0.1, 0.15) is 20.8 Å². The molecule has 9 heteroatoms. The van der Waals surface area contributed by atoms with Crippen molar-refractivity contribution >= 4 is 50.9 Å². The van der Waals surface area contributed by atoms with Gasteiger partial charge in [-0.2, -0.15) is 0 Å². The second-order valence-corrected chi connectivity index (χ2v) is 8.60. The molecule has 0 saturated carbocycles. The first kappa shape index (κ1) is 20.3. The molecule has 7 nitrogen and oxygen atoms in total. The second-order valence-electron chi connectivity index (χ2n) is 6.88. The van der Waals surface area contributed by atoms with Crippen LogP contribution in [0.3, 0.4) is 0 Å². The van der Waals surface area contributed by atoms with Crippen LogP contribution in [0.5, 0.6) is 0 Å². The first-order valence-electron chi connectivity index (χ1n) is 8.30. The lowest BCUT2D eigenvalue weighted by Crippen LogP contribution is -2.50. The molecule has 142 valence electrons. The standard InChI is InChI=1S/C17H25N5O2S2/c1-17(2,3)24-16(23)22-10-8-21(9-11-22)13-6-4-12(5-7-13)20-15(25)26-14(18)19/h4-7H,8-11H2,1-3H3,(H3,18,19)(H,20,25). The monoisotopic (exact) mass is 395 g/mol. The third-order valence-electron chi connectivity index (χ3n) is 3.61. The molecule has 1 saturated heterocycles. The molecule has 26 heavy (non-hydrogen) atoms. The van der Waals surface area contributed by atoms with Crippen molar-refractivity contribution < 1.29 is 9.53 Å². The predicted octanol–water partition coefficient (Wildman–Crippen LogP) is 3.07. The van der Waals surface area contributed by atoms with E-state index < -0.39 is 5.60 Å². The number of hydrogen-bond acceptors (Lipinski definition) is 6. The fourth-order valence-electron chi connectivity index (χ4n) is 2.47. The summed E-state index contributed by atoms with van der Waals surface area (Å²) in [6.45, 7) is 8.39. The quantitative estimate of drug-likeness (QED) is 0.402. The number of nitrogens with two attached hydrogens (primary N) is 1. The van der Waals surface area contributed by atoms with E-state index in [0.29, 0.717) is 17.4 Å². The van der Waals surface area contributed by atoms with Gasteiger partial charge in [0.05, 0.1) is 0 Å². The van der Waals surface area contributed by atoms with Gasteiger partial charge in [-0.15, -0.1) is 0 Å². The highest BCUT2D eigenvalue weighted by Crippen LogP contribution is 2.21. The lowest BCUT2D eigenvalue weighted by atomic mass is 10.2. The SMILES string of the molecule is CC(C)(C)OC(=O)N1CCN(c2ccc(NC(=S)SC(=N)N)cc2)CC1. The third-order valence-corrected chi connectivity index (χ3v) is 4.47. The van der Waals surface area contributed by atoms with Gasteiger partial charge in [0.1, 0.15) is 9.92 Å². The molecule has 1 aromatic carbocycles. The average Bonchev–Trinajstić information content (AvgIpc) is 2.53. The van der Waals surface area contributed by atoms with E-state index in [0.717, 1.165) is 36.2 Å². The zero-order valence-electron chi connectivity index (χ0n) is 15.2. The molecule has 2 rings (SSSR count). The van der Waals surface area contributed by atoms with E-state index in [-0.39, 0.29) is 11.3 Å². The van der Waals surface area contributed by atoms with Crippen LogP contribution in [-0.2, 0) is 4.74 Å². The molecule has 1 heterocycles. The van der Waals surface area contributed by atoms with Gasteiger partial charge in [-0.1, -0.05) is 12.2 Å². The molecule has 1 aromatic rings. The molecule has 0 spiro atoms. The molecule has 1 aliphatic rings. The van der Waals surface area contributed by atoms with E-state index in [4.69, 9.17) is 28.1 Å². The number of nitrogens with one attached hydrogen (secondary N) is 2. The summed E-state index contributed by atoms with van der Waals surface area (Å²) >= 11 is 6.13. The summed E-state index contributed by atoms with van der Waals surface area (Å²) in [5, 5.41) is 10.2. The van der Waals surface area contributed by atoms with E-state index in [1.807, 2.05) is 45.0 Å². The minimum atomic E-state index is -0.474. The Labute approximate surface area is 163 Å². The molecular formula is C17H25N5O2S2. The smallest absolute Gasteiger partial charge is 0.410 e. The van der Waals surface area contributed by atoms with Gasteiger partial charge in [0.25, 0.3) is 0 Å². The van der Waals surface area contributed by atoms with Crippen LogP contribution < -0.4 is 16.0 Å². The van der Waals surface area contributed by atoms with Crippen LogP contribution in [0.2, 0.25) is 0 Å². The number of benzene rings is 1. The summed E-state index contributed by atoms with van der Waals surface area (Å²) in [7, 11) is 0. The van der Waals surface area contributed by atoms with E-state index >= 15 is 0 Å². The van der Waals surface area contributed by atoms with Gasteiger partial charge < -0.3 is 25.6 Å². The number of thioether (sulfide) groups is 1. The molecule has 1 aliphatic heterocycles. The number of carbonyl (C=O) groups is 1. The van der Waals surface area contributed by atoms with Crippen molar-refractivity contribution in [2.24, 2.45) is 5.73 Å². The van der Waals surface area contributed by atoms with Crippen molar-refractivity contribution in [1.29, 1.82) is 5.41 Å². The Kier molecular flexibility index (Phi) is 6.71. The van der Waals surface area contributed by atoms with Crippen LogP contribution in [0, 0.1) is 5.41 Å². The predicted molar refractivity (Wildman–Crippen MR) is 112 cm³/mol. The van der Waals surface area contributed by atoms with Gasteiger partial charge in [0.2, 0.25) is 0 Å². The number of hydrogen-bond donors (Lipinski definition) is 3. The van der Waals surface area contributed by atoms with E-state index in [2.05, 4.69) is 10.2 Å². The fraction of sp³-hybridized carbons (Fsp3) is 0.471. The molecular weight excluding hydrogens is 370 g/mol. The van der Waals surface area contributed by atoms with Crippen LogP contribution in [0.4, 0.5) is 16.2 Å². The van der Waals surface area contributed by atoms with E-state index in [1.165, 1.54) is 0 Å². The largest absolute Gasteiger partial charge is 0.444 e. The first-order valence-corrected chi connectivity index (χ1v) is 9.52. The Morgan fingerprint density at radius 1 is 1.23 bits per heavy atom. The Bertz CT molecular complexity index is 665. The van der Waals surface area contributed by atoms with Crippen LogP contribution in [0.15, 0.2) is 24.3 Å². The van der Waals surface area contributed by atoms with Crippen molar-refractivity contribution in [3.8, 4) is 0 Å². The summed E-state index contributed by atoms with van der Waals surface area (Å²) in [6.07, 6.45) is -0.256. The van der Waals surface area contributed by atoms with Crippen molar-refractivity contribution in [2.75, 3.05) is 36.4 Å². The Morgan fingerprint density at radius 3 is 2.31 bits per heavy atom. The minimum absolute atomic E-state index is 0.0398. The molecule has 4 N–H and O–H groups in total. The van der Waals surface area contributed by atoms with Crippen molar-refractivity contribution in [2.45, 2.75) is 26.4 Å². The number of amidine groups is 1. The lowest BCUT2D eigenvalue weighted by Gasteiger charge is -2.36. The molecule has 0 unspecified atom stereocenters. The number of nitrogens with zero attached hydrogens (tertiary/aromatic N) is 2. The van der Waals surface area contributed by atoms with Gasteiger partial charge in [0, 0.05) is 37.6 Å². The molecule has 0 aliphatic carbocycles. The zero-order valence-corrected chi connectivity index (χ0v) is 16.9. The Balaban J connectivity index is 1.86. The normalized spacial score (nSPS) is 14.7. The van der Waals surface area contributed by atoms with Gasteiger partial charge in [-0.25, -0.2) is 4.79 Å². The van der Waals surface area contributed by atoms with E-state index in [1.54, 1.807) is 4.90 Å². The van der Waals surface area contributed by atoms with Gasteiger partial charge in [-0.05, 0) is 56.8 Å². The van der Waals surface area contributed by atoms with Crippen molar-refractivity contribution in [1.82, 2.24) is 4.90 Å². The number of amides is 1. The van der Waals surface area contributed by atoms with Gasteiger partial charge in [-0.3, -0.25) is 5.41 Å². The minimum Gasteiger partial charge on any atom is -0.444 e. The number of carbonyl (C=O) groups excluding carboxylic acids is 1. The van der Waals surface area contributed by atoms with Gasteiger partial charge in [0.15, 0.2) is 5.17 Å². The highest BCUT2D eigenvalue weighted by Gasteiger charge is 2.25. The Hall–Kier alpha value is -2.00. The van der Waals surface area contributed by atoms with Crippen LogP contribution in [0.25, 0.3) is 0 Å². The Morgan fingerprint density at radius 2 is 1.81 bits per heavy atom. The maximum Gasteiger partial charge on any atom is 0.410 e. The van der Waals surface area contributed by atoms with Crippen molar-refractivity contribution in [3.05, 3.63) is 24.3 Å². The number of piperazine rings is 1. The lowest BCUT2D eigenvalue weighted by molar-refractivity contribution is 0.0240. The molecule has 0 atom stereocenters. The maximum atomic E-state index is 12.1. The van der Waals surface area contributed by atoms with Crippen molar-refractivity contribution in [3.63, 3.8) is 0 Å². The molecule has 0 radical (unpaired) electrons. The second kappa shape index (κ2) is 8.59. The van der Waals surface area contributed by atoms with E-state index in [9.17, 15) is 4.79 Å². The number of thiocarbonyl (C=S) groups is 1. The van der Waals surface area contributed by atoms with Crippen LogP contribution in [-0.4, -0.2) is 52.3 Å². The zero-order chi connectivity index (χ0) is 19.3. The molecule has 1 amide bonds. The number of rotatable bonds is 2. The average molecular weight is 396 g/mol. The number of anilines is 2. The third kappa shape index (κ3) is 6.38. The molecule has 1 fully saturated rings. The fourth-order valence-corrected chi connectivity index (χ4v) is 3.23. The molecule has 0 aromatic heterocycles. The highest BCUT2D eigenvalue weighted by molar-refractivity contribution is 8.33. The summed E-state index contributed by atoms with van der Waals surface area (Å²) in [5.41, 5.74) is 6.77. The summed E-state index contributed by atoms with van der Waals surface area (Å²) in [6, 6.07) is 7.88. The number of ether oxygens (including phenoxy) is 1. The summed E-state index contributed by atoms with van der Waals surface area (Å²) < 4.78 is 5.86. The topological polar surface area (TPSA) is 94.7 Å². The molecule has 0 bridgehead atoms. The highest BCUT2D eigenvalue weighted by atomic mass is 32.2. The first-order chi connectivity index (χ1) is 12.1. The summed E-state index contributed by atoms with van der Waals surface area (Å²) in [5.74, 6) is 0. The van der Waals surface area contributed by atoms with Gasteiger partial charge >= 0.3 is 6.09 Å².